The zero-order valence-electron chi connectivity index (χ0n) is 37.2. The molecular weight excluding hydrogens is 923 g/mol. The molecule has 0 bridgehead atoms. The van der Waals surface area contributed by atoms with Gasteiger partial charge in [-0.25, -0.2) is 28.1 Å². The van der Waals surface area contributed by atoms with Crippen LogP contribution in [-0.4, -0.2) is 63.6 Å². The first kappa shape index (κ1) is 44.9. The van der Waals surface area contributed by atoms with E-state index in [9.17, 15) is 18.0 Å². The molecule has 12 rings (SSSR count). The summed E-state index contributed by atoms with van der Waals surface area (Å²) in [5.41, 5.74) is 16.2. The number of benzene rings is 4. The molecule has 69 heavy (non-hydrogen) atoms. The fraction of sp³-hybridized carbons (Fsp3) is 0.264. The lowest BCUT2D eigenvalue weighted by Crippen LogP contribution is -2.34. The third-order valence-electron chi connectivity index (χ3n) is 15.0. The number of hydrogen-bond acceptors (Lipinski definition) is 10. The van der Waals surface area contributed by atoms with Crippen LogP contribution in [0, 0.1) is 41.1 Å². The molecule has 11 nitrogen and oxygen atoms in total. The van der Waals surface area contributed by atoms with Gasteiger partial charge in [-0.1, -0.05) is 71.7 Å². The van der Waals surface area contributed by atoms with E-state index in [4.69, 9.17) is 49.4 Å². The van der Waals surface area contributed by atoms with Crippen LogP contribution in [0.5, 0.6) is 11.6 Å². The van der Waals surface area contributed by atoms with Crippen LogP contribution in [-0.2, 0) is 10.8 Å². The molecule has 0 radical (unpaired) electrons. The Morgan fingerprint density at radius 3 is 1.96 bits per heavy atom. The Balaban J connectivity index is 0.000000151. The molecule has 4 aromatic heterocycles. The number of hydrogen-bond donors (Lipinski definition) is 2. The van der Waals surface area contributed by atoms with Crippen LogP contribution in [0.2, 0.25) is 10.0 Å². The van der Waals surface area contributed by atoms with Gasteiger partial charge in [0.2, 0.25) is 5.88 Å². The number of anilines is 2. The number of piperidine rings is 2. The minimum absolute atomic E-state index is 0.177. The molecular formula is C53H46Cl2F3N9O2. The number of aromatic nitrogens is 5. The smallest absolute Gasteiger partial charge is 0.259 e. The average molecular weight is 969 g/mol. The largest absolute Gasteiger partial charge is 0.439 e. The zero-order valence-corrected chi connectivity index (χ0v) is 38.7. The molecule has 2 saturated heterocycles. The molecule has 6 atom stereocenters. The molecule has 2 aliphatic heterocycles. The van der Waals surface area contributed by atoms with E-state index in [0.29, 0.717) is 81.3 Å². The summed E-state index contributed by atoms with van der Waals surface area (Å²) in [6.45, 7) is 3.85. The van der Waals surface area contributed by atoms with Crippen LogP contribution in [0.25, 0.3) is 27.9 Å². The first-order valence-corrected chi connectivity index (χ1v) is 23.7. The fourth-order valence-corrected chi connectivity index (χ4v) is 11.9. The zero-order chi connectivity index (χ0) is 47.6. The second-order valence-electron chi connectivity index (χ2n) is 18.3. The summed E-state index contributed by atoms with van der Waals surface area (Å²) >= 11 is 12.5. The third kappa shape index (κ3) is 7.83. The summed E-state index contributed by atoms with van der Waals surface area (Å²) in [6.07, 6.45) is 5.26. The van der Waals surface area contributed by atoms with Gasteiger partial charge in [0.25, 0.3) is 5.56 Å². The van der Waals surface area contributed by atoms with Gasteiger partial charge >= 0.3 is 0 Å². The highest BCUT2D eigenvalue weighted by Gasteiger charge is 2.67. The van der Waals surface area contributed by atoms with E-state index in [1.807, 2.05) is 54.6 Å². The van der Waals surface area contributed by atoms with Crippen molar-refractivity contribution in [3.63, 3.8) is 0 Å². The Kier molecular flexibility index (Phi) is 11.5. The molecule has 2 aliphatic carbocycles. The average Bonchev–Trinajstić information content (AvgIpc) is 4.25. The molecule has 4 fully saturated rings. The summed E-state index contributed by atoms with van der Waals surface area (Å²) < 4.78 is 49.6. The minimum atomic E-state index is -0.350. The first-order valence-electron chi connectivity index (χ1n) is 23.0. The van der Waals surface area contributed by atoms with Crippen LogP contribution in [0.3, 0.4) is 0 Å². The predicted octanol–water partition coefficient (Wildman–Crippen LogP) is 9.61. The van der Waals surface area contributed by atoms with Gasteiger partial charge in [-0.3, -0.25) is 9.20 Å². The maximum absolute atomic E-state index is 14.7. The highest BCUT2D eigenvalue weighted by molar-refractivity contribution is 6.43. The molecule has 8 aromatic rings. The van der Waals surface area contributed by atoms with Crippen LogP contribution in [0.15, 0.2) is 139 Å². The lowest BCUT2D eigenvalue weighted by atomic mass is 9.91. The van der Waals surface area contributed by atoms with Crippen molar-refractivity contribution in [2.45, 2.75) is 23.7 Å². The van der Waals surface area contributed by atoms with Crippen molar-refractivity contribution in [1.29, 1.82) is 0 Å². The van der Waals surface area contributed by atoms with Gasteiger partial charge in [-0.05, 0) is 108 Å². The van der Waals surface area contributed by atoms with Crippen molar-refractivity contribution in [1.82, 2.24) is 24.3 Å². The Bertz CT molecular complexity index is 3330. The summed E-state index contributed by atoms with van der Waals surface area (Å²) in [4.78, 5) is 35.9. The molecule has 0 amide bonds. The van der Waals surface area contributed by atoms with Crippen molar-refractivity contribution >= 4 is 51.6 Å². The van der Waals surface area contributed by atoms with Crippen LogP contribution >= 0.6 is 23.2 Å². The van der Waals surface area contributed by atoms with E-state index in [0.717, 1.165) is 55.0 Å². The maximum atomic E-state index is 14.7. The normalized spacial score (nSPS) is 23.5. The summed E-state index contributed by atoms with van der Waals surface area (Å²) in [5.74, 6) is 2.78. The minimum Gasteiger partial charge on any atom is -0.439 e. The number of nitrogens with two attached hydrogens (primary N) is 2. The van der Waals surface area contributed by atoms with Gasteiger partial charge in [0, 0.05) is 79.6 Å². The quantitative estimate of drug-likeness (QED) is 0.144. The Morgan fingerprint density at radius 1 is 0.681 bits per heavy atom. The van der Waals surface area contributed by atoms with E-state index < -0.39 is 0 Å². The number of pyridine rings is 2. The topological polar surface area (TPSA) is 141 Å². The Morgan fingerprint density at radius 2 is 1.32 bits per heavy atom. The number of fused-ring (bicyclic) bond motifs is 4. The lowest BCUT2D eigenvalue weighted by molar-refractivity contribution is 0.463. The van der Waals surface area contributed by atoms with E-state index in [1.54, 1.807) is 54.9 Å². The van der Waals surface area contributed by atoms with Crippen molar-refractivity contribution in [3.8, 4) is 22.8 Å². The van der Waals surface area contributed by atoms with Gasteiger partial charge in [0.05, 0.1) is 16.2 Å². The molecule has 6 heterocycles. The SMILES string of the molecule is NC[C@]1(c2ccccc2F)[C@@H]2CCN(c3cc(=O)n4cc(-c5cccc(Cl)c5Cl)ccc4n3)C[C@@H]21.NC[C@]1(c2ccccc2F)[C@@H]2CCN(c3cnc4nc(Oc5ccc(F)cc5)ccc4n3)C[C@@H]21. The number of halogens is 5. The summed E-state index contributed by atoms with van der Waals surface area (Å²) in [7, 11) is 0. The van der Waals surface area contributed by atoms with Gasteiger partial charge in [0.1, 0.15) is 46.0 Å². The molecule has 0 unspecified atom stereocenters. The van der Waals surface area contributed by atoms with Crippen molar-refractivity contribution in [2.24, 2.45) is 35.1 Å². The Hall–Kier alpha value is -6.58. The van der Waals surface area contributed by atoms with Crippen LogP contribution in [0.4, 0.5) is 24.8 Å². The molecule has 4 aromatic carbocycles. The second-order valence-corrected chi connectivity index (χ2v) is 19.1. The van der Waals surface area contributed by atoms with Gasteiger partial charge in [0.15, 0.2) is 5.65 Å². The van der Waals surface area contributed by atoms with Gasteiger partial charge in [-0.2, -0.15) is 4.98 Å². The van der Waals surface area contributed by atoms with Gasteiger partial charge in [-0.15, -0.1) is 0 Å². The predicted molar refractivity (Wildman–Crippen MR) is 263 cm³/mol. The maximum Gasteiger partial charge on any atom is 0.259 e. The molecule has 16 heteroatoms. The number of rotatable bonds is 9. The second kappa shape index (κ2) is 17.7. The number of ether oxygens (including phenoxy) is 1. The van der Waals surface area contributed by atoms with E-state index in [1.165, 1.54) is 28.7 Å². The molecule has 4 N–H and O–H groups in total. The highest BCUT2D eigenvalue weighted by atomic mass is 35.5. The fourth-order valence-electron chi connectivity index (χ4n) is 11.5. The van der Waals surface area contributed by atoms with Crippen molar-refractivity contribution < 1.29 is 17.9 Å². The van der Waals surface area contributed by atoms with E-state index in [2.05, 4.69) is 19.8 Å². The molecule has 350 valence electrons. The number of nitrogens with zero attached hydrogens (tertiary/aromatic N) is 7. The van der Waals surface area contributed by atoms with Crippen LogP contribution in [0.1, 0.15) is 24.0 Å². The van der Waals surface area contributed by atoms with Crippen molar-refractivity contribution in [2.75, 3.05) is 49.1 Å². The van der Waals surface area contributed by atoms with E-state index in [-0.39, 0.29) is 45.7 Å². The lowest BCUT2D eigenvalue weighted by Gasteiger charge is -2.27. The summed E-state index contributed by atoms with van der Waals surface area (Å²) in [5, 5.41) is 0.897. The highest BCUT2D eigenvalue weighted by Crippen LogP contribution is 2.64. The Labute approximate surface area is 405 Å². The molecule has 2 saturated carbocycles. The summed E-state index contributed by atoms with van der Waals surface area (Å²) in [6, 6.07) is 33.9. The molecule has 0 spiro atoms. The van der Waals surface area contributed by atoms with Gasteiger partial charge < -0.3 is 26.0 Å². The molecule has 4 aliphatic rings. The van der Waals surface area contributed by atoms with Crippen molar-refractivity contribution in [3.05, 3.63) is 183 Å². The first-order chi connectivity index (χ1) is 33.5. The third-order valence-corrected chi connectivity index (χ3v) is 15.9. The van der Waals surface area contributed by atoms with Crippen LogP contribution < -0.4 is 31.6 Å². The standard InChI is InChI=1S/C27H23Cl2FN4O.C26H23F2N5O/c28-21-6-3-4-17(26(21)29)16-8-9-23-32-24(12-25(35)34(23)13-16)33-11-10-18-20(14-33)27(18,15-31)19-5-1-2-7-22(19)30;27-16-5-7-17(8-6-16)34-24-10-9-22-25(32-24)30-13-23(31-22)33-12-11-18-20(14-33)26(18,15-29)19-3-1-2-4-21(19)28/h1-9,12-13,18,20H,10-11,14-15,31H2;1-10,13,18,20H,11-12,14-15,29H2/t18-,20+,27-;18-,20+,26-/m11/s1. The van der Waals surface area contributed by atoms with E-state index >= 15 is 0 Å². The monoisotopic (exact) mass is 967 g/mol.